The molecule has 1 aromatic rings. The summed E-state index contributed by atoms with van der Waals surface area (Å²) in [6, 6.07) is 7.75. The van der Waals surface area contributed by atoms with E-state index in [4.69, 9.17) is 0 Å². The van der Waals surface area contributed by atoms with E-state index in [9.17, 15) is 9.90 Å². The van der Waals surface area contributed by atoms with Gasteiger partial charge in [-0.15, -0.1) is 0 Å². The molecule has 1 rings (SSSR count). The van der Waals surface area contributed by atoms with Crippen LogP contribution in [0.2, 0.25) is 0 Å². The Bertz CT molecular complexity index is 444. The molecule has 0 aliphatic carbocycles. The van der Waals surface area contributed by atoms with Crippen molar-refractivity contribution in [3.8, 4) is 0 Å². The van der Waals surface area contributed by atoms with Gasteiger partial charge >= 0.3 is 6.03 Å². The van der Waals surface area contributed by atoms with Gasteiger partial charge in [-0.2, -0.15) is 0 Å². The SMILES string of the molecule is CCC(C)C(C)(O)CNC(=O)NCc1cccc(C)c1. The van der Waals surface area contributed by atoms with Crippen molar-refractivity contribution in [3.05, 3.63) is 35.4 Å². The zero-order valence-electron chi connectivity index (χ0n) is 12.9. The minimum absolute atomic E-state index is 0.138. The Morgan fingerprint density at radius 3 is 2.70 bits per heavy atom. The maximum Gasteiger partial charge on any atom is 0.315 e. The highest BCUT2D eigenvalue weighted by Gasteiger charge is 2.27. The number of rotatable bonds is 6. The predicted molar refractivity (Wildman–Crippen MR) is 81.5 cm³/mol. The molecule has 0 heterocycles. The molecule has 1 aromatic carbocycles. The van der Waals surface area contributed by atoms with Gasteiger partial charge in [0.25, 0.3) is 0 Å². The van der Waals surface area contributed by atoms with E-state index in [-0.39, 0.29) is 18.5 Å². The van der Waals surface area contributed by atoms with Crippen molar-refractivity contribution in [2.75, 3.05) is 6.54 Å². The van der Waals surface area contributed by atoms with Crippen LogP contribution in [0.15, 0.2) is 24.3 Å². The Hall–Kier alpha value is -1.55. The maximum atomic E-state index is 11.7. The molecule has 3 N–H and O–H groups in total. The summed E-state index contributed by atoms with van der Waals surface area (Å²) in [5.41, 5.74) is 1.35. The van der Waals surface area contributed by atoms with Crippen molar-refractivity contribution in [3.63, 3.8) is 0 Å². The zero-order chi connectivity index (χ0) is 15.2. The molecule has 2 atom stereocenters. The van der Waals surface area contributed by atoms with Gasteiger partial charge in [0.15, 0.2) is 0 Å². The van der Waals surface area contributed by atoms with Gasteiger partial charge in [0.1, 0.15) is 0 Å². The van der Waals surface area contributed by atoms with Crippen LogP contribution < -0.4 is 10.6 Å². The molecule has 0 aliphatic rings. The Kier molecular flexibility index (Phi) is 6.02. The summed E-state index contributed by atoms with van der Waals surface area (Å²) in [4.78, 5) is 11.7. The molecule has 0 spiro atoms. The lowest BCUT2D eigenvalue weighted by atomic mass is 9.89. The van der Waals surface area contributed by atoms with E-state index in [0.29, 0.717) is 6.54 Å². The second-order valence-corrected chi connectivity index (χ2v) is 5.69. The van der Waals surface area contributed by atoms with Crippen LogP contribution in [0.1, 0.15) is 38.3 Å². The maximum absolute atomic E-state index is 11.7. The van der Waals surface area contributed by atoms with Gasteiger partial charge in [-0.25, -0.2) is 4.79 Å². The minimum Gasteiger partial charge on any atom is -0.388 e. The van der Waals surface area contributed by atoms with Crippen molar-refractivity contribution < 1.29 is 9.90 Å². The molecule has 2 amide bonds. The second kappa shape index (κ2) is 7.29. The molecule has 20 heavy (non-hydrogen) atoms. The Labute approximate surface area is 121 Å². The highest BCUT2D eigenvalue weighted by atomic mass is 16.3. The number of aryl methyl sites for hydroxylation is 1. The Morgan fingerprint density at radius 1 is 1.40 bits per heavy atom. The molecule has 0 saturated heterocycles. The van der Waals surface area contributed by atoms with Gasteiger partial charge in [-0.05, 0) is 25.3 Å². The fraction of sp³-hybridized carbons (Fsp3) is 0.562. The molecule has 0 bridgehead atoms. The van der Waals surface area contributed by atoms with E-state index in [1.165, 1.54) is 5.56 Å². The highest BCUT2D eigenvalue weighted by molar-refractivity contribution is 5.73. The summed E-state index contributed by atoms with van der Waals surface area (Å²) in [5.74, 6) is 0.138. The van der Waals surface area contributed by atoms with Crippen molar-refractivity contribution >= 4 is 6.03 Å². The zero-order valence-corrected chi connectivity index (χ0v) is 12.9. The monoisotopic (exact) mass is 278 g/mol. The number of urea groups is 1. The highest BCUT2D eigenvalue weighted by Crippen LogP contribution is 2.18. The first-order chi connectivity index (χ1) is 9.35. The van der Waals surface area contributed by atoms with Crippen LogP contribution in [0.3, 0.4) is 0 Å². The van der Waals surface area contributed by atoms with Gasteiger partial charge in [0, 0.05) is 13.1 Å². The third-order valence-corrected chi connectivity index (χ3v) is 3.82. The molecule has 0 aliphatic heterocycles. The van der Waals surface area contributed by atoms with Crippen molar-refractivity contribution in [2.24, 2.45) is 5.92 Å². The molecule has 0 fully saturated rings. The van der Waals surface area contributed by atoms with Gasteiger partial charge in [-0.1, -0.05) is 50.1 Å². The number of carbonyl (C=O) groups is 1. The van der Waals surface area contributed by atoms with E-state index in [1.807, 2.05) is 45.0 Å². The molecule has 4 nitrogen and oxygen atoms in total. The Balaban J connectivity index is 2.37. The predicted octanol–water partition coefficient (Wildman–Crippen LogP) is 2.59. The number of nitrogens with one attached hydrogen (secondary N) is 2. The van der Waals surface area contributed by atoms with Crippen LogP contribution in [0, 0.1) is 12.8 Å². The van der Waals surface area contributed by atoms with Gasteiger partial charge in [0.05, 0.1) is 5.60 Å². The molecule has 4 heteroatoms. The quantitative estimate of drug-likeness (QED) is 0.749. The van der Waals surface area contributed by atoms with Crippen LogP contribution in [0.5, 0.6) is 0 Å². The number of hydrogen-bond donors (Lipinski definition) is 3. The summed E-state index contributed by atoms with van der Waals surface area (Å²) >= 11 is 0. The summed E-state index contributed by atoms with van der Waals surface area (Å²) in [7, 11) is 0. The number of benzene rings is 1. The lowest BCUT2D eigenvalue weighted by molar-refractivity contribution is 0.00790. The molecular formula is C16H26N2O2. The lowest BCUT2D eigenvalue weighted by Gasteiger charge is -2.29. The number of hydrogen-bond acceptors (Lipinski definition) is 2. The topological polar surface area (TPSA) is 61.4 Å². The number of amides is 2. The van der Waals surface area contributed by atoms with Crippen LogP contribution in [0.25, 0.3) is 0 Å². The van der Waals surface area contributed by atoms with E-state index in [2.05, 4.69) is 10.6 Å². The first-order valence-corrected chi connectivity index (χ1v) is 7.14. The first kappa shape index (κ1) is 16.5. The van der Waals surface area contributed by atoms with Crippen molar-refractivity contribution in [2.45, 2.75) is 46.3 Å². The summed E-state index contributed by atoms with van der Waals surface area (Å²) in [6.07, 6.45) is 0.875. The van der Waals surface area contributed by atoms with Crippen LogP contribution in [-0.2, 0) is 6.54 Å². The summed E-state index contributed by atoms with van der Waals surface area (Å²) in [6.45, 7) is 8.51. The standard InChI is InChI=1S/C16H26N2O2/c1-5-13(3)16(4,20)11-18-15(19)17-10-14-8-6-7-12(2)9-14/h6-9,13,20H,5,10-11H2,1-4H3,(H2,17,18,19). The van der Waals surface area contributed by atoms with Gasteiger partial charge in [0.2, 0.25) is 0 Å². The smallest absolute Gasteiger partial charge is 0.315 e. The average molecular weight is 278 g/mol. The summed E-state index contributed by atoms with van der Waals surface area (Å²) in [5, 5.41) is 15.7. The fourth-order valence-corrected chi connectivity index (χ4v) is 1.94. The van der Waals surface area contributed by atoms with Gasteiger partial charge in [-0.3, -0.25) is 0 Å². The number of aliphatic hydroxyl groups is 1. The second-order valence-electron chi connectivity index (χ2n) is 5.69. The van der Waals surface area contributed by atoms with E-state index >= 15 is 0 Å². The number of carbonyl (C=O) groups excluding carboxylic acids is 1. The van der Waals surface area contributed by atoms with E-state index in [0.717, 1.165) is 12.0 Å². The average Bonchev–Trinajstić information content (AvgIpc) is 2.42. The normalized spacial score (nSPS) is 15.2. The van der Waals surface area contributed by atoms with Crippen LogP contribution in [-0.4, -0.2) is 23.3 Å². The Morgan fingerprint density at radius 2 is 2.10 bits per heavy atom. The first-order valence-electron chi connectivity index (χ1n) is 7.14. The molecule has 0 radical (unpaired) electrons. The molecule has 0 aromatic heterocycles. The van der Waals surface area contributed by atoms with Crippen molar-refractivity contribution in [1.82, 2.24) is 10.6 Å². The minimum atomic E-state index is -0.880. The largest absolute Gasteiger partial charge is 0.388 e. The summed E-state index contributed by atoms with van der Waals surface area (Å²) < 4.78 is 0. The van der Waals surface area contributed by atoms with Crippen LogP contribution >= 0.6 is 0 Å². The lowest BCUT2D eigenvalue weighted by Crippen LogP contribution is -2.47. The molecule has 0 saturated carbocycles. The molecule has 2 unspecified atom stereocenters. The third-order valence-electron chi connectivity index (χ3n) is 3.82. The van der Waals surface area contributed by atoms with E-state index in [1.54, 1.807) is 6.92 Å². The third kappa shape index (κ3) is 5.21. The molecule has 112 valence electrons. The van der Waals surface area contributed by atoms with Crippen LogP contribution in [0.4, 0.5) is 4.79 Å². The van der Waals surface area contributed by atoms with E-state index < -0.39 is 5.60 Å². The fourth-order valence-electron chi connectivity index (χ4n) is 1.94. The van der Waals surface area contributed by atoms with Crippen molar-refractivity contribution in [1.29, 1.82) is 0 Å². The van der Waals surface area contributed by atoms with Gasteiger partial charge < -0.3 is 15.7 Å². The molecular weight excluding hydrogens is 252 g/mol.